The highest BCUT2D eigenvalue weighted by Crippen LogP contribution is 2.28. The lowest BCUT2D eigenvalue weighted by molar-refractivity contribution is 0.172. The molecule has 1 aromatic carbocycles. The molecule has 0 bridgehead atoms. The maximum atomic E-state index is 10.3. The van der Waals surface area contributed by atoms with Crippen LogP contribution in [-0.2, 0) is 6.42 Å². The minimum absolute atomic E-state index is 0.221. The van der Waals surface area contributed by atoms with Gasteiger partial charge in [-0.3, -0.25) is 0 Å². The van der Waals surface area contributed by atoms with Gasteiger partial charge < -0.3 is 5.11 Å². The van der Waals surface area contributed by atoms with Gasteiger partial charge in [0, 0.05) is 22.0 Å². The molecular formula is C13H15BrClN3O. The molecule has 6 heteroatoms. The Morgan fingerprint density at radius 2 is 2.16 bits per heavy atom. The van der Waals surface area contributed by atoms with E-state index in [0.29, 0.717) is 11.4 Å². The van der Waals surface area contributed by atoms with Gasteiger partial charge in [-0.25, -0.2) is 9.67 Å². The highest BCUT2D eigenvalue weighted by molar-refractivity contribution is 9.10. The van der Waals surface area contributed by atoms with Gasteiger partial charge >= 0.3 is 0 Å². The van der Waals surface area contributed by atoms with E-state index < -0.39 is 6.10 Å². The zero-order valence-electron chi connectivity index (χ0n) is 10.7. The molecule has 0 aliphatic rings. The predicted molar refractivity (Wildman–Crippen MR) is 78.2 cm³/mol. The molecule has 2 rings (SSSR count). The van der Waals surface area contributed by atoms with Crippen molar-refractivity contribution in [3.63, 3.8) is 0 Å². The smallest absolute Gasteiger partial charge is 0.138 e. The first kappa shape index (κ1) is 14.5. The van der Waals surface area contributed by atoms with Crippen molar-refractivity contribution < 1.29 is 5.11 Å². The Morgan fingerprint density at radius 1 is 1.42 bits per heavy atom. The van der Waals surface area contributed by atoms with E-state index in [1.165, 1.54) is 6.33 Å². The van der Waals surface area contributed by atoms with Crippen molar-refractivity contribution in [3.05, 3.63) is 45.4 Å². The standard InChI is InChI=1S/C13H15BrClN3O/c1-8(2)18-13(16-7-17-18)6-12(19)10-4-3-9(15)5-11(10)14/h3-5,7-8,12,19H,6H2,1-2H3. The van der Waals surface area contributed by atoms with Crippen LogP contribution >= 0.6 is 27.5 Å². The van der Waals surface area contributed by atoms with Crippen LogP contribution in [0.5, 0.6) is 0 Å². The molecule has 0 fully saturated rings. The normalized spacial score (nSPS) is 12.9. The van der Waals surface area contributed by atoms with Crippen molar-refractivity contribution in [2.75, 3.05) is 0 Å². The molecule has 0 spiro atoms. The van der Waals surface area contributed by atoms with Crippen LogP contribution in [0.1, 0.15) is 37.4 Å². The molecule has 1 unspecified atom stereocenters. The number of rotatable bonds is 4. The Balaban J connectivity index is 2.21. The number of aromatic nitrogens is 3. The summed E-state index contributed by atoms with van der Waals surface area (Å²) in [6, 6.07) is 5.57. The molecule has 0 aliphatic carbocycles. The number of aliphatic hydroxyl groups excluding tert-OH is 1. The summed E-state index contributed by atoms with van der Waals surface area (Å²) < 4.78 is 2.61. The fraction of sp³-hybridized carbons (Fsp3) is 0.385. The molecule has 102 valence electrons. The Hall–Kier alpha value is -0.910. The summed E-state index contributed by atoms with van der Waals surface area (Å²) in [5.41, 5.74) is 0.794. The minimum Gasteiger partial charge on any atom is -0.388 e. The Morgan fingerprint density at radius 3 is 2.79 bits per heavy atom. The number of halogens is 2. The summed E-state index contributed by atoms with van der Waals surface area (Å²) in [6.45, 7) is 4.06. The first-order chi connectivity index (χ1) is 8.99. The van der Waals surface area contributed by atoms with Crippen LogP contribution in [-0.4, -0.2) is 19.9 Å². The first-order valence-corrected chi connectivity index (χ1v) is 7.17. The number of hydrogen-bond acceptors (Lipinski definition) is 3. The van der Waals surface area contributed by atoms with Gasteiger partial charge in [0.05, 0.1) is 6.10 Å². The monoisotopic (exact) mass is 343 g/mol. The van der Waals surface area contributed by atoms with Crippen molar-refractivity contribution in [1.29, 1.82) is 0 Å². The fourth-order valence-corrected chi connectivity index (χ4v) is 2.85. The van der Waals surface area contributed by atoms with Crippen LogP contribution in [0, 0.1) is 0 Å². The lowest BCUT2D eigenvalue weighted by Gasteiger charge is -2.15. The Kier molecular flexibility index (Phi) is 4.60. The summed E-state index contributed by atoms with van der Waals surface area (Å²) in [5.74, 6) is 0.768. The molecule has 0 amide bonds. The average Bonchev–Trinajstić information content (AvgIpc) is 2.76. The van der Waals surface area contributed by atoms with E-state index in [1.54, 1.807) is 12.1 Å². The Labute approximate surface area is 125 Å². The van der Waals surface area contributed by atoms with Gasteiger partial charge in [-0.05, 0) is 31.5 Å². The van der Waals surface area contributed by atoms with E-state index in [2.05, 4.69) is 26.0 Å². The summed E-state index contributed by atoms with van der Waals surface area (Å²) in [5, 5.41) is 15.1. The molecule has 1 N–H and O–H groups in total. The summed E-state index contributed by atoms with van der Waals surface area (Å²) in [7, 11) is 0. The molecule has 19 heavy (non-hydrogen) atoms. The molecule has 2 aromatic rings. The summed E-state index contributed by atoms with van der Waals surface area (Å²) >= 11 is 9.31. The second-order valence-corrected chi connectivity index (χ2v) is 5.89. The van der Waals surface area contributed by atoms with Crippen LogP contribution in [0.2, 0.25) is 5.02 Å². The van der Waals surface area contributed by atoms with E-state index in [1.807, 2.05) is 24.6 Å². The largest absolute Gasteiger partial charge is 0.388 e. The van der Waals surface area contributed by atoms with E-state index in [9.17, 15) is 5.11 Å². The number of hydrogen-bond donors (Lipinski definition) is 1. The van der Waals surface area contributed by atoms with E-state index >= 15 is 0 Å². The highest BCUT2D eigenvalue weighted by atomic mass is 79.9. The van der Waals surface area contributed by atoms with Crippen LogP contribution < -0.4 is 0 Å². The minimum atomic E-state index is -0.645. The van der Waals surface area contributed by atoms with Gasteiger partial charge in [-0.2, -0.15) is 5.10 Å². The van der Waals surface area contributed by atoms with Crippen LogP contribution in [0.15, 0.2) is 29.0 Å². The molecule has 0 radical (unpaired) electrons. The molecular weight excluding hydrogens is 330 g/mol. The highest BCUT2D eigenvalue weighted by Gasteiger charge is 2.16. The van der Waals surface area contributed by atoms with E-state index in [4.69, 9.17) is 11.6 Å². The van der Waals surface area contributed by atoms with Gasteiger partial charge in [0.25, 0.3) is 0 Å². The molecule has 1 heterocycles. The van der Waals surface area contributed by atoms with E-state index in [-0.39, 0.29) is 6.04 Å². The van der Waals surface area contributed by atoms with Crippen molar-refractivity contribution in [2.24, 2.45) is 0 Å². The third-order valence-corrected chi connectivity index (χ3v) is 3.76. The van der Waals surface area contributed by atoms with Crippen LogP contribution in [0.4, 0.5) is 0 Å². The SMILES string of the molecule is CC(C)n1ncnc1CC(O)c1ccc(Cl)cc1Br. The number of benzene rings is 1. The van der Waals surface area contributed by atoms with Crippen LogP contribution in [0.3, 0.4) is 0 Å². The first-order valence-electron chi connectivity index (χ1n) is 6.00. The van der Waals surface area contributed by atoms with Gasteiger partial charge in [0.2, 0.25) is 0 Å². The molecule has 0 saturated heterocycles. The van der Waals surface area contributed by atoms with Crippen molar-refractivity contribution >= 4 is 27.5 Å². The molecule has 4 nitrogen and oxygen atoms in total. The second-order valence-electron chi connectivity index (χ2n) is 4.60. The van der Waals surface area contributed by atoms with Gasteiger partial charge in [0.1, 0.15) is 12.2 Å². The van der Waals surface area contributed by atoms with E-state index in [0.717, 1.165) is 15.9 Å². The van der Waals surface area contributed by atoms with Crippen molar-refractivity contribution in [1.82, 2.24) is 14.8 Å². The quantitative estimate of drug-likeness (QED) is 0.923. The average molecular weight is 345 g/mol. The summed E-state index contributed by atoms with van der Waals surface area (Å²) in [6.07, 6.45) is 1.28. The molecule has 1 atom stereocenters. The zero-order valence-corrected chi connectivity index (χ0v) is 13.1. The second kappa shape index (κ2) is 6.03. The maximum absolute atomic E-state index is 10.3. The van der Waals surface area contributed by atoms with Gasteiger partial charge in [-0.15, -0.1) is 0 Å². The third kappa shape index (κ3) is 3.35. The molecule has 0 aliphatic heterocycles. The Bertz CT molecular complexity index is 571. The molecule has 1 aromatic heterocycles. The van der Waals surface area contributed by atoms with Crippen LogP contribution in [0.25, 0.3) is 0 Å². The molecule has 0 saturated carbocycles. The lowest BCUT2D eigenvalue weighted by atomic mass is 10.1. The number of aliphatic hydroxyl groups is 1. The number of nitrogens with zero attached hydrogens (tertiary/aromatic N) is 3. The van der Waals surface area contributed by atoms with Gasteiger partial charge in [-0.1, -0.05) is 33.6 Å². The fourth-order valence-electron chi connectivity index (χ4n) is 1.91. The third-order valence-electron chi connectivity index (χ3n) is 2.83. The predicted octanol–water partition coefficient (Wildman–Crippen LogP) is 3.55. The van der Waals surface area contributed by atoms with Crippen molar-refractivity contribution in [3.8, 4) is 0 Å². The van der Waals surface area contributed by atoms with Gasteiger partial charge in [0.15, 0.2) is 0 Å². The maximum Gasteiger partial charge on any atom is 0.138 e. The summed E-state index contributed by atoms with van der Waals surface area (Å²) in [4.78, 5) is 4.20. The lowest BCUT2D eigenvalue weighted by Crippen LogP contribution is -2.12. The topological polar surface area (TPSA) is 50.9 Å². The zero-order chi connectivity index (χ0) is 14.0. The van der Waals surface area contributed by atoms with Crippen molar-refractivity contribution in [2.45, 2.75) is 32.4 Å².